The molecule has 8 nitrogen and oxygen atoms in total. The number of esters is 1. The molecule has 42 heavy (non-hydrogen) atoms. The monoisotopic (exact) mass is 610 g/mol. The summed E-state index contributed by atoms with van der Waals surface area (Å²) < 4.78 is 24.8. The summed E-state index contributed by atoms with van der Waals surface area (Å²) in [5, 5.41) is 14.5. The Kier molecular flexibility index (Phi) is 8.21. The number of halogens is 2. The molecule has 5 rings (SSSR count). The normalized spacial score (nSPS) is 20.9. The smallest absolute Gasteiger partial charge is 0.412 e. The molecule has 0 spiro atoms. The number of anilines is 1. The van der Waals surface area contributed by atoms with Crippen LogP contribution in [0.2, 0.25) is 4.34 Å². The van der Waals surface area contributed by atoms with E-state index >= 15 is 0 Å². The van der Waals surface area contributed by atoms with Gasteiger partial charge in [0, 0.05) is 22.4 Å². The molecule has 3 aromatic rings. The number of nitro benzene ring substituents is 1. The summed E-state index contributed by atoms with van der Waals surface area (Å²) in [6, 6.07) is 13.8. The zero-order valence-corrected chi connectivity index (χ0v) is 24.4. The van der Waals surface area contributed by atoms with Gasteiger partial charge in [-0.1, -0.05) is 66.2 Å². The number of thiophene rings is 1. The number of nitrogens with zero attached hydrogens (tertiary/aromatic N) is 1. The van der Waals surface area contributed by atoms with Crippen LogP contribution in [0.15, 0.2) is 78.9 Å². The minimum Gasteiger partial charge on any atom is -0.466 e. The molecule has 0 saturated heterocycles. The van der Waals surface area contributed by atoms with E-state index in [-0.39, 0.29) is 18.3 Å². The van der Waals surface area contributed by atoms with E-state index in [1.165, 1.54) is 41.7 Å². The topological polar surface area (TPSA) is 108 Å². The van der Waals surface area contributed by atoms with Crippen molar-refractivity contribution in [3.63, 3.8) is 0 Å². The van der Waals surface area contributed by atoms with Crippen molar-refractivity contribution in [3.05, 3.63) is 115 Å². The van der Waals surface area contributed by atoms with E-state index in [2.05, 4.69) is 5.32 Å². The van der Waals surface area contributed by atoms with Crippen molar-refractivity contribution in [2.75, 3.05) is 11.9 Å². The third-order valence-electron chi connectivity index (χ3n) is 7.77. The third-order valence-corrected chi connectivity index (χ3v) is 9.19. The Morgan fingerprint density at radius 3 is 2.45 bits per heavy atom. The molecule has 0 radical (unpaired) electrons. The molecule has 1 N–H and O–H groups in total. The number of allylic oxidation sites excluding steroid dienone is 4. The van der Waals surface area contributed by atoms with Crippen molar-refractivity contribution < 1.29 is 28.4 Å². The van der Waals surface area contributed by atoms with Crippen molar-refractivity contribution in [1.29, 1.82) is 0 Å². The Bertz CT molecular complexity index is 1570. The summed E-state index contributed by atoms with van der Waals surface area (Å²) in [4.78, 5) is 38.3. The van der Waals surface area contributed by atoms with E-state index < -0.39 is 39.7 Å². The summed E-state index contributed by atoms with van der Waals surface area (Å²) in [6.45, 7) is 3.61. The summed E-state index contributed by atoms with van der Waals surface area (Å²) in [6.07, 6.45) is 7.09. The molecule has 2 aromatic carbocycles. The standard InChI is InChI=1S/C31H28ClFN2O6S/c1-3-40-28(36)31(16-17-31)30(14-12-21(13-15-30)23-6-4-5-7-25(23)35(38)39)27-24(18-26(32)42-27)34-29(37)41-19(2)20-8-10-22(33)11-9-20/h4-15,18-19,21H,3,16-17H2,1-2H3,(H,34,37)/t19-,21?,30?/m1/s1. The van der Waals surface area contributed by atoms with E-state index in [4.69, 9.17) is 21.1 Å². The van der Waals surface area contributed by atoms with E-state index in [9.17, 15) is 24.1 Å². The van der Waals surface area contributed by atoms with Gasteiger partial charge >= 0.3 is 12.1 Å². The average Bonchev–Trinajstić information content (AvgIpc) is 3.71. The molecule has 218 valence electrons. The molecule has 0 bridgehead atoms. The first-order valence-corrected chi connectivity index (χ1v) is 14.6. The van der Waals surface area contributed by atoms with Gasteiger partial charge < -0.3 is 9.47 Å². The predicted molar refractivity (Wildman–Crippen MR) is 158 cm³/mol. The highest BCUT2D eigenvalue weighted by atomic mass is 35.5. The highest BCUT2D eigenvalue weighted by molar-refractivity contribution is 7.17. The Morgan fingerprint density at radius 2 is 1.83 bits per heavy atom. The van der Waals surface area contributed by atoms with Crippen molar-refractivity contribution in [3.8, 4) is 0 Å². The number of benzene rings is 2. The fraction of sp³-hybridized carbons (Fsp3) is 0.290. The van der Waals surface area contributed by atoms with Gasteiger partial charge in [-0.05, 0) is 50.5 Å². The van der Waals surface area contributed by atoms with Gasteiger partial charge in [-0.3, -0.25) is 20.2 Å². The number of ether oxygens (including phenoxy) is 2. The summed E-state index contributed by atoms with van der Waals surface area (Å²) in [5.74, 6) is -1.18. The van der Waals surface area contributed by atoms with E-state index in [0.717, 1.165) is 0 Å². The minimum absolute atomic E-state index is 0.00429. The van der Waals surface area contributed by atoms with Crippen LogP contribution in [0.4, 0.5) is 20.6 Å². The number of para-hydroxylation sites is 1. The highest BCUT2D eigenvalue weighted by Gasteiger charge is 2.65. The van der Waals surface area contributed by atoms with Crippen molar-refractivity contribution in [2.24, 2.45) is 5.41 Å². The minimum atomic E-state index is -1.04. The van der Waals surface area contributed by atoms with Crippen LogP contribution in [0.25, 0.3) is 0 Å². The lowest BCUT2D eigenvalue weighted by Crippen LogP contribution is -2.41. The van der Waals surface area contributed by atoms with Crippen molar-refractivity contribution in [1.82, 2.24) is 0 Å². The van der Waals surface area contributed by atoms with Gasteiger partial charge in [0.1, 0.15) is 11.9 Å². The fourth-order valence-corrected chi connectivity index (χ4v) is 6.94. The first kappa shape index (κ1) is 29.5. The number of hydrogen-bond acceptors (Lipinski definition) is 7. The van der Waals surface area contributed by atoms with Crippen LogP contribution >= 0.6 is 22.9 Å². The third kappa shape index (κ3) is 5.44. The van der Waals surface area contributed by atoms with Gasteiger partial charge in [0.15, 0.2) is 0 Å². The van der Waals surface area contributed by atoms with E-state index in [1.54, 1.807) is 38.1 Å². The van der Waals surface area contributed by atoms with Crippen LogP contribution in [-0.4, -0.2) is 23.6 Å². The number of hydrogen-bond donors (Lipinski definition) is 1. The largest absolute Gasteiger partial charge is 0.466 e. The summed E-state index contributed by atoms with van der Waals surface area (Å²) in [5.41, 5.74) is -0.483. The summed E-state index contributed by atoms with van der Waals surface area (Å²) in [7, 11) is 0. The maximum atomic E-state index is 13.4. The Balaban J connectivity index is 1.50. The fourth-order valence-electron chi connectivity index (χ4n) is 5.51. The molecule has 2 aliphatic carbocycles. The predicted octanol–water partition coefficient (Wildman–Crippen LogP) is 8.25. The SMILES string of the molecule is CCOC(=O)C1(C2(c3sc(Cl)cc3NC(=O)O[C@H](C)c3ccc(F)cc3)C=CC(c3ccccc3[N+](=O)[O-])C=C2)CC1. The summed E-state index contributed by atoms with van der Waals surface area (Å²) >= 11 is 7.71. The highest BCUT2D eigenvalue weighted by Crippen LogP contribution is 2.65. The maximum absolute atomic E-state index is 13.4. The van der Waals surface area contributed by atoms with Crippen LogP contribution in [0.3, 0.4) is 0 Å². The molecule has 1 fully saturated rings. The molecule has 0 unspecified atom stereocenters. The first-order chi connectivity index (χ1) is 20.1. The Labute approximate surface area is 250 Å². The zero-order valence-electron chi connectivity index (χ0n) is 22.8. The van der Waals surface area contributed by atoms with Gasteiger partial charge in [-0.15, -0.1) is 11.3 Å². The van der Waals surface area contributed by atoms with Gasteiger partial charge in [-0.2, -0.15) is 0 Å². The Hall–Kier alpha value is -4.02. The number of carbonyl (C=O) groups excluding carboxylic acids is 2. The lowest BCUT2D eigenvalue weighted by Gasteiger charge is -2.37. The van der Waals surface area contributed by atoms with Crippen LogP contribution in [-0.2, 0) is 19.7 Å². The quantitative estimate of drug-likeness (QED) is 0.113. The molecule has 1 atom stereocenters. The van der Waals surface area contributed by atoms with E-state index in [0.29, 0.717) is 38.9 Å². The number of carbonyl (C=O) groups is 2. The molecule has 1 heterocycles. The molecule has 1 aromatic heterocycles. The molecule has 1 amide bonds. The van der Waals surface area contributed by atoms with Gasteiger partial charge in [0.05, 0.1) is 32.4 Å². The van der Waals surface area contributed by atoms with Crippen LogP contribution in [0.1, 0.15) is 54.7 Å². The van der Waals surface area contributed by atoms with Crippen molar-refractivity contribution >= 4 is 46.4 Å². The zero-order chi connectivity index (χ0) is 30.1. The lowest BCUT2D eigenvalue weighted by atomic mass is 9.67. The van der Waals surface area contributed by atoms with E-state index in [1.807, 2.05) is 24.3 Å². The van der Waals surface area contributed by atoms with Gasteiger partial charge in [0.25, 0.3) is 5.69 Å². The molecule has 11 heteroatoms. The molecule has 2 aliphatic rings. The van der Waals surface area contributed by atoms with Gasteiger partial charge in [-0.25, -0.2) is 9.18 Å². The van der Waals surface area contributed by atoms with Crippen LogP contribution in [0, 0.1) is 21.3 Å². The number of nitrogens with one attached hydrogen (secondary N) is 1. The number of nitro groups is 1. The number of rotatable bonds is 9. The maximum Gasteiger partial charge on any atom is 0.412 e. The molecule has 0 aliphatic heterocycles. The average molecular weight is 611 g/mol. The number of amides is 1. The van der Waals surface area contributed by atoms with Crippen LogP contribution in [0.5, 0.6) is 0 Å². The second-order valence-corrected chi connectivity index (χ2v) is 11.9. The Morgan fingerprint density at radius 1 is 1.17 bits per heavy atom. The van der Waals surface area contributed by atoms with Crippen molar-refractivity contribution in [2.45, 2.75) is 44.1 Å². The molecule has 1 saturated carbocycles. The van der Waals surface area contributed by atoms with Gasteiger partial charge in [0.2, 0.25) is 0 Å². The van der Waals surface area contributed by atoms with Crippen LogP contribution < -0.4 is 5.32 Å². The molecular weight excluding hydrogens is 583 g/mol. The second kappa shape index (κ2) is 11.7. The molecular formula is C31H28ClFN2O6S. The second-order valence-electron chi connectivity index (χ2n) is 10.2. The first-order valence-electron chi connectivity index (χ1n) is 13.4. The lowest BCUT2D eigenvalue weighted by molar-refractivity contribution is -0.385.